The van der Waals surface area contributed by atoms with Gasteiger partial charge >= 0.3 is 5.97 Å². The van der Waals surface area contributed by atoms with E-state index in [1.165, 1.54) is 5.69 Å². The first kappa shape index (κ1) is 25.4. The fraction of sp³-hybridized carbons (Fsp3) is 0.417. The minimum absolute atomic E-state index is 0.305. The molecule has 0 unspecified atom stereocenters. The molecule has 0 saturated carbocycles. The van der Waals surface area contributed by atoms with Gasteiger partial charge in [-0.25, -0.2) is 4.79 Å². The van der Waals surface area contributed by atoms with Crippen molar-refractivity contribution in [3.63, 3.8) is 0 Å². The number of rotatable bonds is 9. The van der Waals surface area contributed by atoms with Crippen molar-refractivity contribution in [1.29, 1.82) is 0 Å². The maximum absolute atomic E-state index is 12.5. The van der Waals surface area contributed by atoms with Gasteiger partial charge in [0.15, 0.2) is 0 Å². The molecular formula is C24H30Br2N2O3. The first-order valence-corrected chi connectivity index (χ1v) is 12.5. The Kier molecular flexibility index (Phi) is 9.56. The SMILES string of the molecule is C[C@H](NC(=O)c1ccc(-c2ccc(N(CCBr)CCBr)cc2)cc1)C(=O)OC(C)(C)C. The highest BCUT2D eigenvalue weighted by Gasteiger charge is 2.23. The molecule has 0 aliphatic carbocycles. The number of anilines is 1. The standard InChI is InChI=1S/C24H30Br2N2O3/c1-17(23(30)31-24(2,3)4)27-22(29)20-7-5-18(6-8-20)19-9-11-21(12-10-19)28(15-13-25)16-14-26/h5-12,17H,13-16H2,1-4H3,(H,27,29)/t17-/m0/s1. The van der Waals surface area contributed by atoms with Crippen LogP contribution in [0.5, 0.6) is 0 Å². The fourth-order valence-corrected chi connectivity index (χ4v) is 3.84. The lowest BCUT2D eigenvalue weighted by atomic mass is 10.0. The molecule has 0 aliphatic rings. The fourth-order valence-electron chi connectivity index (χ4n) is 2.98. The lowest BCUT2D eigenvalue weighted by Crippen LogP contribution is -2.42. The largest absolute Gasteiger partial charge is 0.458 e. The van der Waals surface area contributed by atoms with Gasteiger partial charge in [0.2, 0.25) is 0 Å². The van der Waals surface area contributed by atoms with Gasteiger partial charge in [0.05, 0.1) is 0 Å². The Hall–Kier alpha value is -1.86. The summed E-state index contributed by atoms with van der Waals surface area (Å²) in [5, 5.41) is 4.52. The molecule has 1 N–H and O–H groups in total. The van der Waals surface area contributed by atoms with E-state index < -0.39 is 17.6 Å². The van der Waals surface area contributed by atoms with Gasteiger partial charge in [0, 0.05) is 35.0 Å². The maximum atomic E-state index is 12.5. The first-order valence-electron chi connectivity index (χ1n) is 10.3. The summed E-state index contributed by atoms with van der Waals surface area (Å²) >= 11 is 7.01. The zero-order chi connectivity index (χ0) is 23.0. The van der Waals surface area contributed by atoms with E-state index in [1.54, 1.807) is 39.8 Å². The van der Waals surface area contributed by atoms with E-state index in [2.05, 4.69) is 66.3 Å². The predicted octanol–water partition coefficient (Wildman–Crippen LogP) is 5.41. The third kappa shape index (κ3) is 7.96. The molecule has 0 aliphatic heterocycles. The molecule has 0 aromatic heterocycles. The average Bonchev–Trinajstić information content (AvgIpc) is 2.72. The molecule has 2 aromatic rings. The van der Waals surface area contributed by atoms with Crippen molar-refractivity contribution in [1.82, 2.24) is 5.32 Å². The average molecular weight is 554 g/mol. The van der Waals surface area contributed by atoms with Crippen molar-refractivity contribution in [2.75, 3.05) is 28.6 Å². The lowest BCUT2D eigenvalue weighted by Gasteiger charge is -2.23. The molecular weight excluding hydrogens is 524 g/mol. The van der Waals surface area contributed by atoms with Crippen LogP contribution < -0.4 is 10.2 Å². The van der Waals surface area contributed by atoms with E-state index in [-0.39, 0.29) is 5.91 Å². The van der Waals surface area contributed by atoms with Gasteiger partial charge in [0.1, 0.15) is 11.6 Å². The summed E-state index contributed by atoms with van der Waals surface area (Å²) in [5.74, 6) is -0.758. The molecule has 0 spiro atoms. The van der Waals surface area contributed by atoms with Crippen molar-refractivity contribution >= 4 is 49.4 Å². The summed E-state index contributed by atoms with van der Waals surface area (Å²) in [6, 6.07) is 15.0. The summed E-state index contributed by atoms with van der Waals surface area (Å²) in [5.41, 5.74) is 3.19. The Bertz CT molecular complexity index is 856. The predicted molar refractivity (Wildman–Crippen MR) is 134 cm³/mol. The van der Waals surface area contributed by atoms with Crippen molar-refractivity contribution in [2.45, 2.75) is 39.3 Å². The molecule has 0 bridgehead atoms. The Morgan fingerprint density at radius 1 is 0.935 bits per heavy atom. The van der Waals surface area contributed by atoms with E-state index in [0.717, 1.165) is 34.9 Å². The highest BCUT2D eigenvalue weighted by atomic mass is 79.9. The third-order valence-corrected chi connectivity index (χ3v) is 5.24. The van der Waals surface area contributed by atoms with Crippen molar-refractivity contribution in [2.24, 2.45) is 0 Å². The molecule has 5 nitrogen and oxygen atoms in total. The minimum atomic E-state index is -0.721. The van der Waals surface area contributed by atoms with Crippen LogP contribution >= 0.6 is 31.9 Å². The summed E-state index contributed by atoms with van der Waals surface area (Å²) < 4.78 is 5.31. The molecule has 1 atom stereocenters. The summed E-state index contributed by atoms with van der Waals surface area (Å²) in [6.07, 6.45) is 0. The number of hydrogen-bond donors (Lipinski definition) is 1. The van der Waals surface area contributed by atoms with Crippen molar-refractivity contribution in [3.8, 4) is 11.1 Å². The summed E-state index contributed by atoms with van der Waals surface area (Å²) in [6.45, 7) is 8.90. The quantitative estimate of drug-likeness (QED) is 0.333. The number of benzene rings is 2. The van der Waals surface area contributed by atoms with Gasteiger partial charge in [-0.3, -0.25) is 4.79 Å². The number of hydrogen-bond acceptors (Lipinski definition) is 4. The van der Waals surface area contributed by atoms with Crippen LogP contribution in [0.1, 0.15) is 38.1 Å². The monoisotopic (exact) mass is 552 g/mol. The van der Waals surface area contributed by atoms with Crippen LogP contribution in [0, 0.1) is 0 Å². The number of esters is 1. The van der Waals surface area contributed by atoms with Gasteiger partial charge < -0.3 is 15.0 Å². The second-order valence-corrected chi connectivity index (χ2v) is 9.80. The smallest absolute Gasteiger partial charge is 0.328 e. The maximum Gasteiger partial charge on any atom is 0.328 e. The molecule has 168 valence electrons. The number of alkyl halides is 2. The number of carbonyl (C=O) groups excluding carboxylic acids is 2. The molecule has 0 radical (unpaired) electrons. The second-order valence-electron chi connectivity index (χ2n) is 8.22. The Morgan fingerprint density at radius 3 is 1.87 bits per heavy atom. The minimum Gasteiger partial charge on any atom is -0.458 e. The van der Waals surface area contributed by atoms with Crippen LogP contribution in [0.2, 0.25) is 0 Å². The highest BCUT2D eigenvalue weighted by Crippen LogP contribution is 2.24. The van der Waals surface area contributed by atoms with Crippen LogP contribution in [-0.2, 0) is 9.53 Å². The summed E-state index contributed by atoms with van der Waals surface area (Å²) in [4.78, 5) is 26.9. The van der Waals surface area contributed by atoms with Crippen LogP contribution in [0.15, 0.2) is 48.5 Å². The molecule has 0 saturated heterocycles. The van der Waals surface area contributed by atoms with Crippen LogP contribution in [-0.4, -0.2) is 47.3 Å². The number of amides is 1. The highest BCUT2D eigenvalue weighted by molar-refractivity contribution is 9.09. The van der Waals surface area contributed by atoms with E-state index in [0.29, 0.717) is 5.56 Å². The van der Waals surface area contributed by atoms with Gasteiger partial charge in [-0.05, 0) is 63.1 Å². The normalized spacial score (nSPS) is 12.2. The lowest BCUT2D eigenvalue weighted by molar-refractivity contribution is -0.156. The van der Waals surface area contributed by atoms with Gasteiger partial charge in [0.25, 0.3) is 5.91 Å². The van der Waals surface area contributed by atoms with Crippen molar-refractivity contribution in [3.05, 3.63) is 54.1 Å². The molecule has 1 amide bonds. The number of carbonyl (C=O) groups is 2. The molecule has 2 aromatic carbocycles. The summed E-state index contributed by atoms with van der Waals surface area (Å²) in [7, 11) is 0. The molecule has 7 heteroatoms. The van der Waals surface area contributed by atoms with Gasteiger partial charge in [-0.15, -0.1) is 0 Å². The molecule has 2 rings (SSSR count). The topological polar surface area (TPSA) is 58.6 Å². The van der Waals surface area contributed by atoms with Gasteiger partial charge in [-0.1, -0.05) is 56.1 Å². The zero-order valence-corrected chi connectivity index (χ0v) is 21.6. The van der Waals surface area contributed by atoms with Crippen LogP contribution in [0.25, 0.3) is 11.1 Å². The Balaban J connectivity index is 2.04. The van der Waals surface area contributed by atoms with E-state index in [9.17, 15) is 9.59 Å². The van der Waals surface area contributed by atoms with Crippen molar-refractivity contribution < 1.29 is 14.3 Å². The van der Waals surface area contributed by atoms with E-state index in [4.69, 9.17) is 4.74 Å². The number of nitrogens with zero attached hydrogens (tertiary/aromatic N) is 1. The molecule has 31 heavy (non-hydrogen) atoms. The number of ether oxygens (including phenoxy) is 1. The van der Waals surface area contributed by atoms with Crippen LogP contribution in [0.4, 0.5) is 5.69 Å². The molecule has 0 fully saturated rings. The van der Waals surface area contributed by atoms with E-state index >= 15 is 0 Å². The second kappa shape index (κ2) is 11.7. The first-order chi connectivity index (χ1) is 14.6. The third-order valence-electron chi connectivity index (χ3n) is 4.53. The van der Waals surface area contributed by atoms with E-state index in [1.807, 2.05) is 12.1 Å². The van der Waals surface area contributed by atoms with Crippen LogP contribution in [0.3, 0.4) is 0 Å². The molecule has 0 heterocycles. The zero-order valence-electron chi connectivity index (χ0n) is 18.5. The Morgan fingerprint density at radius 2 is 1.42 bits per heavy atom. The Labute approximate surface area is 201 Å². The van der Waals surface area contributed by atoms with Gasteiger partial charge in [-0.2, -0.15) is 0 Å². The number of nitrogens with one attached hydrogen (secondary N) is 1. The number of halogens is 2.